The predicted octanol–water partition coefficient (Wildman–Crippen LogP) is 2.42. The Hall–Kier alpha value is -1.81. The average molecular weight is 260 g/mol. The third-order valence-electron chi connectivity index (χ3n) is 2.92. The number of nitrogens with one attached hydrogen (secondary N) is 1. The summed E-state index contributed by atoms with van der Waals surface area (Å²) in [4.78, 5) is 14.2. The molecule has 0 saturated carbocycles. The van der Waals surface area contributed by atoms with Crippen molar-refractivity contribution in [2.45, 2.75) is 19.9 Å². The maximum Gasteiger partial charge on any atom is 0.251 e. The molecule has 0 bridgehead atoms. The predicted molar refractivity (Wildman–Crippen MR) is 76.4 cm³/mol. The van der Waals surface area contributed by atoms with Gasteiger partial charge in [0.15, 0.2) is 0 Å². The van der Waals surface area contributed by atoms with Crippen LogP contribution in [-0.4, -0.2) is 37.5 Å². The van der Waals surface area contributed by atoms with Crippen LogP contribution in [0, 0.1) is 6.92 Å². The molecule has 19 heavy (non-hydrogen) atoms. The fourth-order valence-electron chi connectivity index (χ4n) is 2.22. The van der Waals surface area contributed by atoms with E-state index in [0.717, 1.165) is 23.3 Å². The first kappa shape index (κ1) is 13.6. The third-order valence-corrected chi connectivity index (χ3v) is 2.92. The molecule has 1 N–H and O–H groups in total. The van der Waals surface area contributed by atoms with Gasteiger partial charge in [-0.1, -0.05) is 0 Å². The van der Waals surface area contributed by atoms with Crippen LogP contribution in [0.5, 0.6) is 0 Å². The van der Waals surface area contributed by atoms with Gasteiger partial charge in [0, 0.05) is 23.5 Å². The van der Waals surface area contributed by atoms with Crippen LogP contribution in [0.15, 0.2) is 28.7 Å². The topological polar surface area (TPSA) is 45.5 Å². The van der Waals surface area contributed by atoms with Crippen molar-refractivity contribution >= 4 is 16.9 Å². The molecule has 0 aliphatic heterocycles. The minimum atomic E-state index is -0.0462. The number of amides is 1. The lowest BCUT2D eigenvalue weighted by Gasteiger charge is -2.18. The van der Waals surface area contributed by atoms with Crippen molar-refractivity contribution < 1.29 is 9.21 Å². The van der Waals surface area contributed by atoms with E-state index in [-0.39, 0.29) is 11.9 Å². The van der Waals surface area contributed by atoms with Gasteiger partial charge in [-0.15, -0.1) is 0 Å². The lowest BCUT2D eigenvalue weighted by atomic mass is 10.1. The Morgan fingerprint density at radius 2 is 2.11 bits per heavy atom. The molecular weight excluding hydrogens is 240 g/mol. The highest BCUT2D eigenvalue weighted by Gasteiger charge is 2.11. The van der Waals surface area contributed by atoms with Gasteiger partial charge in [-0.05, 0) is 52.2 Å². The van der Waals surface area contributed by atoms with E-state index in [1.54, 1.807) is 6.07 Å². The monoisotopic (exact) mass is 260 g/mol. The zero-order chi connectivity index (χ0) is 14.0. The summed E-state index contributed by atoms with van der Waals surface area (Å²) in [6.07, 6.45) is 0. The molecule has 0 aliphatic carbocycles. The zero-order valence-corrected chi connectivity index (χ0v) is 11.9. The van der Waals surface area contributed by atoms with E-state index in [2.05, 4.69) is 5.32 Å². The Morgan fingerprint density at radius 1 is 1.37 bits per heavy atom. The molecule has 0 saturated heterocycles. The Morgan fingerprint density at radius 3 is 2.79 bits per heavy atom. The van der Waals surface area contributed by atoms with E-state index < -0.39 is 0 Å². The number of benzene rings is 1. The molecule has 0 spiro atoms. The Labute approximate surface area is 113 Å². The number of aryl methyl sites for hydroxylation is 1. The normalized spacial score (nSPS) is 12.9. The molecule has 0 fully saturated rings. The van der Waals surface area contributed by atoms with Crippen LogP contribution in [0.25, 0.3) is 11.0 Å². The lowest BCUT2D eigenvalue weighted by Crippen LogP contribution is -2.39. The molecule has 1 aromatic heterocycles. The van der Waals surface area contributed by atoms with Crippen molar-refractivity contribution in [3.8, 4) is 0 Å². The maximum absolute atomic E-state index is 12.1. The molecule has 0 radical (unpaired) electrons. The first-order valence-corrected chi connectivity index (χ1v) is 6.41. The van der Waals surface area contributed by atoms with E-state index in [1.165, 1.54) is 0 Å². The smallest absolute Gasteiger partial charge is 0.251 e. The Kier molecular flexibility index (Phi) is 3.90. The average Bonchev–Trinajstić information content (AvgIpc) is 2.66. The van der Waals surface area contributed by atoms with Crippen LogP contribution in [-0.2, 0) is 0 Å². The Bertz CT molecular complexity index is 587. The lowest BCUT2D eigenvalue weighted by molar-refractivity contribution is 0.0934. The second-order valence-corrected chi connectivity index (χ2v) is 5.25. The summed E-state index contributed by atoms with van der Waals surface area (Å²) in [5.41, 5.74) is 1.48. The summed E-state index contributed by atoms with van der Waals surface area (Å²) in [5, 5.41) is 3.95. The van der Waals surface area contributed by atoms with E-state index in [9.17, 15) is 4.79 Å². The molecule has 102 valence electrons. The standard InChI is InChI=1S/C15H20N2O2/c1-10(9-17(3)4)16-15(18)12-5-6-14-13(8-12)7-11(2)19-14/h5-8,10H,9H2,1-4H3,(H,16,18)/t10-/m1/s1. The summed E-state index contributed by atoms with van der Waals surface area (Å²) in [6, 6.07) is 7.56. The summed E-state index contributed by atoms with van der Waals surface area (Å²) < 4.78 is 5.50. The van der Waals surface area contributed by atoms with Crippen LogP contribution < -0.4 is 5.32 Å². The highest BCUT2D eigenvalue weighted by atomic mass is 16.3. The van der Waals surface area contributed by atoms with E-state index >= 15 is 0 Å². The van der Waals surface area contributed by atoms with E-state index in [0.29, 0.717) is 5.56 Å². The molecule has 4 heteroatoms. The number of fused-ring (bicyclic) bond motifs is 1. The van der Waals surface area contributed by atoms with Gasteiger partial charge in [-0.25, -0.2) is 0 Å². The Balaban J connectivity index is 2.12. The summed E-state index contributed by atoms with van der Waals surface area (Å²) in [6.45, 7) is 4.72. The quantitative estimate of drug-likeness (QED) is 0.918. The van der Waals surface area contributed by atoms with Crippen LogP contribution in [0.1, 0.15) is 23.0 Å². The van der Waals surface area contributed by atoms with Gasteiger partial charge in [-0.2, -0.15) is 0 Å². The first-order chi connectivity index (χ1) is 8.95. The number of nitrogens with zero attached hydrogens (tertiary/aromatic N) is 1. The summed E-state index contributed by atoms with van der Waals surface area (Å²) in [5.74, 6) is 0.809. The van der Waals surface area contributed by atoms with Gasteiger partial charge in [-0.3, -0.25) is 4.79 Å². The van der Waals surface area contributed by atoms with Crippen molar-refractivity contribution in [3.05, 3.63) is 35.6 Å². The van der Waals surface area contributed by atoms with Crippen molar-refractivity contribution in [3.63, 3.8) is 0 Å². The number of carbonyl (C=O) groups is 1. The van der Waals surface area contributed by atoms with Crippen LogP contribution in [0.4, 0.5) is 0 Å². The second-order valence-electron chi connectivity index (χ2n) is 5.25. The number of carbonyl (C=O) groups excluding carboxylic acids is 1. The van der Waals surface area contributed by atoms with Gasteiger partial charge < -0.3 is 14.6 Å². The highest BCUT2D eigenvalue weighted by Crippen LogP contribution is 2.20. The molecule has 1 aromatic carbocycles. The number of hydrogen-bond donors (Lipinski definition) is 1. The van der Waals surface area contributed by atoms with E-state index in [1.807, 2.05) is 51.0 Å². The molecule has 4 nitrogen and oxygen atoms in total. The maximum atomic E-state index is 12.1. The van der Waals surface area contributed by atoms with Gasteiger partial charge in [0.05, 0.1) is 0 Å². The minimum absolute atomic E-state index is 0.0462. The minimum Gasteiger partial charge on any atom is -0.461 e. The third kappa shape index (κ3) is 3.35. The molecule has 1 heterocycles. The van der Waals surface area contributed by atoms with Gasteiger partial charge in [0.25, 0.3) is 5.91 Å². The van der Waals surface area contributed by atoms with Crippen LogP contribution >= 0.6 is 0 Å². The largest absolute Gasteiger partial charge is 0.461 e. The van der Waals surface area contributed by atoms with Gasteiger partial charge in [0.1, 0.15) is 11.3 Å². The molecule has 2 rings (SSSR count). The first-order valence-electron chi connectivity index (χ1n) is 6.41. The number of hydrogen-bond acceptors (Lipinski definition) is 3. The molecule has 1 amide bonds. The van der Waals surface area contributed by atoms with Gasteiger partial charge >= 0.3 is 0 Å². The summed E-state index contributed by atoms with van der Waals surface area (Å²) >= 11 is 0. The van der Waals surface area contributed by atoms with Crippen molar-refractivity contribution in [2.75, 3.05) is 20.6 Å². The molecule has 0 unspecified atom stereocenters. The highest BCUT2D eigenvalue weighted by molar-refractivity contribution is 5.97. The van der Waals surface area contributed by atoms with Crippen LogP contribution in [0.3, 0.4) is 0 Å². The number of rotatable bonds is 4. The molecule has 2 aromatic rings. The molecule has 0 aliphatic rings. The number of furan rings is 1. The fourth-order valence-corrected chi connectivity index (χ4v) is 2.22. The fraction of sp³-hybridized carbons (Fsp3) is 0.400. The molecular formula is C15H20N2O2. The van der Waals surface area contributed by atoms with Crippen molar-refractivity contribution in [2.24, 2.45) is 0 Å². The SMILES string of the molecule is Cc1cc2cc(C(=O)N[C@H](C)CN(C)C)ccc2o1. The van der Waals surface area contributed by atoms with E-state index in [4.69, 9.17) is 4.42 Å². The molecule has 1 atom stereocenters. The number of likely N-dealkylation sites (N-methyl/N-ethyl adjacent to an activating group) is 1. The van der Waals surface area contributed by atoms with Crippen molar-refractivity contribution in [1.82, 2.24) is 10.2 Å². The van der Waals surface area contributed by atoms with Crippen LogP contribution in [0.2, 0.25) is 0 Å². The van der Waals surface area contributed by atoms with Gasteiger partial charge in [0.2, 0.25) is 0 Å². The second kappa shape index (κ2) is 5.45. The zero-order valence-electron chi connectivity index (χ0n) is 11.9. The van der Waals surface area contributed by atoms with Crippen molar-refractivity contribution in [1.29, 1.82) is 0 Å². The summed E-state index contributed by atoms with van der Waals surface area (Å²) in [7, 11) is 3.98.